The minimum Gasteiger partial charge on any atom is -0.497 e. The zero-order chi connectivity index (χ0) is 29.2. The lowest BCUT2D eigenvalue weighted by molar-refractivity contribution is -0.113. The average Bonchev–Trinajstić information content (AvgIpc) is 3.00. The number of nitrogens with one attached hydrogen (secondary N) is 2. The molecule has 2 N–H and O–H groups in total. The van der Waals surface area contributed by atoms with Gasteiger partial charge < -0.3 is 20.1 Å². The molecule has 7 heteroatoms. The number of amides is 2. The zero-order valence-corrected chi connectivity index (χ0v) is 23.0. The first-order chi connectivity index (χ1) is 19.9. The molecule has 0 atom stereocenters. The fourth-order valence-corrected chi connectivity index (χ4v) is 3.99. The van der Waals surface area contributed by atoms with Crippen molar-refractivity contribution in [2.45, 2.75) is 6.92 Å². The van der Waals surface area contributed by atoms with Crippen LogP contribution >= 0.6 is 0 Å². The van der Waals surface area contributed by atoms with Gasteiger partial charge in [0.25, 0.3) is 11.8 Å². The van der Waals surface area contributed by atoms with Gasteiger partial charge in [0.05, 0.1) is 14.2 Å². The minimum absolute atomic E-state index is 0.00330. The van der Waals surface area contributed by atoms with E-state index in [9.17, 15) is 14.4 Å². The van der Waals surface area contributed by atoms with E-state index in [0.717, 1.165) is 11.1 Å². The van der Waals surface area contributed by atoms with E-state index >= 15 is 0 Å². The van der Waals surface area contributed by atoms with Crippen molar-refractivity contribution >= 4 is 35.4 Å². The molecule has 2 amide bonds. The molecule has 0 bridgehead atoms. The lowest BCUT2D eigenvalue weighted by atomic mass is 10.1. The maximum absolute atomic E-state index is 13.4. The summed E-state index contributed by atoms with van der Waals surface area (Å²) in [6.45, 7) is 1.99. The molecule has 0 aromatic heterocycles. The number of aryl methyl sites for hydroxylation is 1. The summed E-state index contributed by atoms with van der Waals surface area (Å²) in [5.74, 6) is -0.107. The Labute approximate surface area is 239 Å². The summed E-state index contributed by atoms with van der Waals surface area (Å²) in [6.07, 6.45) is 4.82. The van der Waals surface area contributed by atoms with Crippen LogP contribution in [0, 0.1) is 6.92 Å². The van der Waals surface area contributed by atoms with E-state index in [1.165, 1.54) is 19.3 Å². The molecule has 7 nitrogen and oxygen atoms in total. The molecular formula is C34H30N2O5. The second-order valence-corrected chi connectivity index (χ2v) is 9.13. The van der Waals surface area contributed by atoms with Gasteiger partial charge >= 0.3 is 0 Å². The minimum atomic E-state index is -0.550. The molecule has 0 heterocycles. The largest absolute Gasteiger partial charge is 0.497 e. The Morgan fingerprint density at radius 3 is 2.20 bits per heavy atom. The van der Waals surface area contributed by atoms with E-state index in [1.54, 1.807) is 86.0 Å². The molecule has 4 rings (SSSR count). The highest BCUT2D eigenvalue weighted by Gasteiger charge is 2.17. The molecular weight excluding hydrogens is 516 g/mol. The first kappa shape index (κ1) is 28.6. The van der Waals surface area contributed by atoms with Crippen LogP contribution in [0.2, 0.25) is 0 Å². The molecule has 4 aromatic rings. The van der Waals surface area contributed by atoms with E-state index < -0.39 is 11.8 Å². The van der Waals surface area contributed by atoms with Gasteiger partial charge in [0.15, 0.2) is 5.78 Å². The molecule has 0 aliphatic heterocycles. The van der Waals surface area contributed by atoms with Crippen molar-refractivity contribution in [3.8, 4) is 11.5 Å². The van der Waals surface area contributed by atoms with E-state index in [4.69, 9.17) is 9.47 Å². The molecule has 0 fully saturated rings. The Kier molecular flexibility index (Phi) is 9.46. The molecule has 0 saturated heterocycles. The standard InChI is InChI=1S/C34H30N2O5/c1-23-8-7-9-24(20-23)12-19-31(37)25-13-16-28(17-14-25)35-34(39)30(36-33(38)26-10-5-4-6-11-26)21-27-15-18-29(40-2)22-32(27)41-3/h4-22H,1-3H3,(H,35,39)(H,36,38)/b19-12+,30-21-. The van der Waals surface area contributed by atoms with Crippen LogP contribution in [0.25, 0.3) is 12.2 Å². The summed E-state index contributed by atoms with van der Waals surface area (Å²) >= 11 is 0. The molecule has 0 unspecified atom stereocenters. The Balaban J connectivity index is 1.54. The number of rotatable bonds is 10. The number of allylic oxidation sites excluding steroid dienone is 1. The molecule has 4 aromatic carbocycles. The van der Waals surface area contributed by atoms with Crippen LogP contribution in [0.1, 0.15) is 37.4 Å². The summed E-state index contributed by atoms with van der Waals surface area (Å²) < 4.78 is 10.7. The summed E-state index contributed by atoms with van der Waals surface area (Å²) in [5, 5.41) is 5.50. The monoisotopic (exact) mass is 546 g/mol. The molecule has 0 radical (unpaired) electrons. The van der Waals surface area contributed by atoms with Crippen LogP contribution in [0.3, 0.4) is 0 Å². The summed E-state index contributed by atoms with van der Waals surface area (Å²) in [4.78, 5) is 39.0. The Morgan fingerprint density at radius 2 is 1.51 bits per heavy atom. The number of hydrogen-bond acceptors (Lipinski definition) is 5. The molecule has 41 heavy (non-hydrogen) atoms. The van der Waals surface area contributed by atoms with Gasteiger partial charge in [-0.3, -0.25) is 14.4 Å². The summed E-state index contributed by atoms with van der Waals surface area (Å²) in [5.41, 5.74) is 3.94. The smallest absolute Gasteiger partial charge is 0.272 e. The SMILES string of the molecule is COc1ccc(/C=C(\NC(=O)c2ccccc2)C(=O)Nc2ccc(C(=O)/C=C/c3cccc(C)c3)cc2)c(OC)c1. The highest BCUT2D eigenvalue weighted by Crippen LogP contribution is 2.26. The van der Waals surface area contributed by atoms with Gasteiger partial charge in [-0.1, -0.05) is 54.1 Å². The predicted molar refractivity (Wildman–Crippen MR) is 161 cm³/mol. The molecule has 206 valence electrons. The van der Waals surface area contributed by atoms with Crippen LogP contribution in [0.15, 0.2) is 109 Å². The highest BCUT2D eigenvalue weighted by atomic mass is 16.5. The maximum Gasteiger partial charge on any atom is 0.272 e. The number of ether oxygens (including phenoxy) is 2. The van der Waals surface area contributed by atoms with Gasteiger partial charge in [0, 0.05) is 28.4 Å². The number of methoxy groups -OCH3 is 2. The van der Waals surface area contributed by atoms with Crippen molar-refractivity contribution in [1.29, 1.82) is 0 Å². The van der Waals surface area contributed by atoms with Crippen LogP contribution in [-0.4, -0.2) is 31.8 Å². The van der Waals surface area contributed by atoms with E-state index in [0.29, 0.717) is 33.9 Å². The number of carbonyl (C=O) groups excluding carboxylic acids is 3. The predicted octanol–water partition coefficient (Wildman–Crippen LogP) is 6.32. The first-order valence-corrected chi connectivity index (χ1v) is 12.9. The molecule has 0 spiro atoms. The summed E-state index contributed by atoms with van der Waals surface area (Å²) in [6, 6.07) is 28.1. The number of carbonyl (C=O) groups is 3. The Hall–Kier alpha value is -5.43. The third-order valence-corrected chi connectivity index (χ3v) is 6.17. The quantitative estimate of drug-likeness (QED) is 0.179. The van der Waals surface area contributed by atoms with Gasteiger partial charge in [-0.2, -0.15) is 0 Å². The van der Waals surface area contributed by atoms with Crippen molar-refractivity contribution < 1.29 is 23.9 Å². The summed E-state index contributed by atoms with van der Waals surface area (Å²) in [7, 11) is 3.05. The fraction of sp³-hybridized carbons (Fsp3) is 0.0882. The molecule has 0 aliphatic rings. The number of hydrogen-bond donors (Lipinski definition) is 2. The van der Waals surface area contributed by atoms with Gasteiger partial charge in [0.2, 0.25) is 0 Å². The Bertz CT molecular complexity index is 1610. The number of ketones is 1. The zero-order valence-electron chi connectivity index (χ0n) is 23.0. The Morgan fingerprint density at radius 1 is 0.756 bits per heavy atom. The molecule has 0 saturated carbocycles. The van der Waals surface area contributed by atoms with Crippen molar-refractivity contribution in [1.82, 2.24) is 5.32 Å². The van der Waals surface area contributed by atoms with E-state index in [2.05, 4.69) is 10.6 Å². The fourth-order valence-electron chi connectivity index (χ4n) is 3.99. The third-order valence-electron chi connectivity index (χ3n) is 6.17. The van der Waals surface area contributed by atoms with Crippen molar-refractivity contribution in [2.75, 3.05) is 19.5 Å². The van der Waals surface area contributed by atoms with Crippen molar-refractivity contribution in [2.24, 2.45) is 0 Å². The highest BCUT2D eigenvalue weighted by molar-refractivity contribution is 6.11. The topological polar surface area (TPSA) is 93.7 Å². The van der Waals surface area contributed by atoms with Gasteiger partial charge in [-0.25, -0.2) is 0 Å². The molecule has 0 aliphatic carbocycles. The van der Waals surface area contributed by atoms with Crippen LogP contribution in [0.4, 0.5) is 5.69 Å². The lowest BCUT2D eigenvalue weighted by Gasteiger charge is -2.13. The van der Waals surface area contributed by atoms with Gasteiger partial charge in [0.1, 0.15) is 17.2 Å². The average molecular weight is 547 g/mol. The van der Waals surface area contributed by atoms with E-state index in [-0.39, 0.29) is 11.5 Å². The maximum atomic E-state index is 13.4. The van der Waals surface area contributed by atoms with Crippen molar-refractivity contribution in [3.63, 3.8) is 0 Å². The van der Waals surface area contributed by atoms with Crippen LogP contribution < -0.4 is 20.1 Å². The normalized spacial score (nSPS) is 11.1. The first-order valence-electron chi connectivity index (χ1n) is 12.9. The lowest BCUT2D eigenvalue weighted by Crippen LogP contribution is -2.30. The number of benzene rings is 4. The van der Waals surface area contributed by atoms with E-state index in [1.807, 2.05) is 31.2 Å². The van der Waals surface area contributed by atoms with Crippen LogP contribution in [-0.2, 0) is 4.79 Å². The second-order valence-electron chi connectivity index (χ2n) is 9.13. The number of anilines is 1. The van der Waals surface area contributed by atoms with Gasteiger partial charge in [-0.15, -0.1) is 0 Å². The van der Waals surface area contributed by atoms with Crippen LogP contribution in [0.5, 0.6) is 11.5 Å². The third kappa shape index (κ3) is 7.80. The second kappa shape index (κ2) is 13.6. The van der Waals surface area contributed by atoms with Crippen molar-refractivity contribution in [3.05, 3.63) is 137 Å². The van der Waals surface area contributed by atoms with Gasteiger partial charge in [-0.05, 0) is 73.2 Å².